The molecule has 1 aromatic carbocycles. The van der Waals surface area contributed by atoms with Crippen LogP contribution in [0.4, 0.5) is 5.69 Å². The highest BCUT2D eigenvalue weighted by Gasteiger charge is 2.19. The van der Waals surface area contributed by atoms with E-state index in [-0.39, 0.29) is 23.7 Å². The van der Waals surface area contributed by atoms with E-state index in [1.807, 2.05) is 31.2 Å². The van der Waals surface area contributed by atoms with Crippen LogP contribution in [-0.4, -0.2) is 21.6 Å². The molecule has 0 unspecified atom stereocenters. The minimum Gasteiger partial charge on any atom is -0.486 e. The van der Waals surface area contributed by atoms with E-state index in [1.54, 1.807) is 18.3 Å². The number of carbonyl (C=O) groups is 2. The number of aromatic nitrogens is 2. The number of nitrogens with one attached hydrogen (secondary N) is 1. The van der Waals surface area contributed by atoms with Crippen molar-refractivity contribution in [2.45, 2.75) is 39.8 Å². The molecular formula is C21H24N4O4. The maximum atomic E-state index is 12.4. The van der Waals surface area contributed by atoms with Crippen molar-refractivity contribution in [2.75, 3.05) is 5.32 Å². The summed E-state index contributed by atoms with van der Waals surface area (Å²) in [5, 5.41) is 6.65. The molecule has 0 radical (unpaired) electrons. The van der Waals surface area contributed by atoms with Crippen molar-refractivity contribution in [3.05, 3.63) is 65.4 Å². The summed E-state index contributed by atoms with van der Waals surface area (Å²) in [6.07, 6.45) is 1.55. The smallest absolute Gasteiger partial charge is 0.291 e. The summed E-state index contributed by atoms with van der Waals surface area (Å²) in [6.45, 7) is 6.85. The molecule has 0 bridgehead atoms. The number of rotatable bonds is 8. The SMILES string of the molecule is CCn1cc(NC(=O)c2ccc(COc3ccc(C(C)C)cc3)o2)c(C(N)=O)n1. The first-order valence-electron chi connectivity index (χ1n) is 9.37. The average Bonchev–Trinajstić information content (AvgIpc) is 3.33. The van der Waals surface area contributed by atoms with Gasteiger partial charge in [-0.05, 0) is 42.7 Å². The first kappa shape index (κ1) is 20.2. The number of hydrogen-bond donors (Lipinski definition) is 2. The van der Waals surface area contributed by atoms with Crippen LogP contribution in [0.15, 0.2) is 47.0 Å². The van der Waals surface area contributed by atoms with E-state index in [0.717, 1.165) is 5.75 Å². The van der Waals surface area contributed by atoms with Gasteiger partial charge >= 0.3 is 0 Å². The van der Waals surface area contributed by atoms with E-state index >= 15 is 0 Å². The summed E-state index contributed by atoms with van der Waals surface area (Å²) in [6, 6.07) is 11.1. The molecule has 0 aliphatic rings. The van der Waals surface area contributed by atoms with Crippen LogP contribution in [0.2, 0.25) is 0 Å². The van der Waals surface area contributed by atoms with Crippen molar-refractivity contribution < 1.29 is 18.7 Å². The first-order valence-corrected chi connectivity index (χ1v) is 9.37. The number of amides is 2. The van der Waals surface area contributed by atoms with E-state index in [2.05, 4.69) is 24.3 Å². The largest absolute Gasteiger partial charge is 0.486 e. The maximum absolute atomic E-state index is 12.4. The van der Waals surface area contributed by atoms with Crippen molar-refractivity contribution >= 4 is 17.5 Å². The second-order valence-electron chi connectivity index (χ2n) is 6.84. The zero-order chi connectivity index (χ0) is 21.0. The fraction of sp³-hybridized carbons (Fsp3) is 0.286. The molecule has 8 heteroatoms. The fourth-order valence-electron chi connectivity index (χ4n) is 2.72. The Hall–Kier alpha value is -3.55. The summed E-state index contributed by atoms with van der Waals surface area (Å²) < 4.78 is 12.8. The van der Waals surface area contributed by atoms with E-state index in [1.165, 1.54) is 10.2 Å². The number of aryl methyl sites for hydroxylation is 1. The molecule has 0 saturated heterocycles. The topological polar surface area (TPSA) is 112 Å². The first-order chi connectivity index (χ1) is 13.9. The summed E-state index contributed by atoms with van der Waals surface area (Å²) in [7, 11) is 0. The highest BCUT2D eigenvalue weighted by Crippen LogP contribution is 2.20. The van der Waals surface area contributed by atoms with Crippen molar-refractivity contribution in [2.24, 2.45) is 5.73 Å². The van der Waals surface area contributed by atoms with Crippen LogP contribution in [0, 0.1) is 0 Å². The molecule has 8 nitrogen and oxygen atoms in total. The molecular weight excluding hydrogens is 372 g/mol. The molecule has 2 amide bonds. The van der Waals surface area contributed by atoms with E-state index in [4.69, 9.17) is 14.9 Å². The molecule has 0 fully saturated rings. The lowest BCUT2D eigenvalue weighted by atomic mass is 10.0. The molecule has 0 aliphatic heterocycles. The number of ether oxygens (including phenoxy) is 1. The minimum atomic E-state index is -0.718. The van der Waals surface area contributed by atoms with Gasteiger partial charge < -0.3 is 20.2 Å². The van der Waals surface area contributed by atoms with Gasteiger partial charge in [-0.2, -0.15) is 5.10 Å². The number of anilines is 1. The molecule has 0 saturated carbocycles. The predicted octanol–water partition coefficient (Wildman–Crippen LogP) is 3.55. The van der Waals surface area contributed by atoms with Crippen molar-refractivity contribution in [3.8, 4) is 5.75 Å². The van der Waals surface area contributed by atoms with Gasteiger partial charge in [-0.15, -0.1) is 0 Å². The number of nitrogens with zero attached hydrogens (tertiary/aromatic N) is 2. The molecule has 152 valence electrons. The van der Waals surface area contributed by atoms with Gasteiger partial charge in [0.2, 0.25) is 0 Å². The standard InChI is InChI=1S/C21H24N4O4/c1-4-25-11-17(19(24-25)20(22)26)23-21(27)18-10-9-16(29-18)12-28-15-7-5-14(6-8-15)13(2)3/h5-11,13H,4,12H2,1-3H3,(H2,22,26)(H,23,27). The molecule has 29 heavy (non-hydrogen) atoms. The van der Waals surface area contributed by atoms with E-state index < -0.39 is 11.8 Å². The Morgan fingerprint density at radius 3 is 2.55 bits per heavy atom. The van der Waals surface area contributed by atoms with E-state index in [0.29, 0.717) is 18.2 Å². The van der Waals surface area contributed by atoms with Crippen LogP contribution in [0.3, 0.4) is 0 Å². The highest BCUT2D eigenvalue weighted by atomic mass is 16.5. The Morgan fingerprint density at radius 2 is 1.93 bits per heavy atom. The van der Waals surface area contributed by atoms with Crippen molar-refractivity contribution in [3.63, 3.8) is 0 Å². The highest BCUT2D eigenvalue weighted by molar-refractivity contribution is 6.06. The molecule has 0 spiro atoms. The lowest BCUT2D eigenvalue weighted by Gasteiger charge is -2.08. The molecule has 3 aromatic rings. The van der Waals surface area contributed by atoms with Crippen LogP contribution in [0.25, 0.3) is 0 Å². The number of hydrogen-bond acceptors (Lipinski definition) is 5. The summed E-state index contributed by atoms with van der Waals surface area (Å²) in [5.41, 5.74) is 6.79. The third kappa shape index (κ3) is 4.84. The predicted molar refractivity (Wildman–Crippen MR) is 108 cm³/mol. The third-order valence-electron chi connectivity index (χ3n) is 4.38. The maximum Gasteiger partial charge on any atom is 0.291 e. The Bertz CT molecular complexity index is 1000. The van der Waals surface area contributed by atoms with Gasteiger partial charge in [-0.3, -0.25) is 14.3 Å². The lowest BCUT2D eigenvalue weighted by Crippen LogP contribution is -2.17. The number of furan rings is 1. The van der Waals surface area contributed by atoms with Crippen molar-refractivity contribution in [1.82, 2.24) is 9.78 Å². The lowest BCUT2D eigenvalue weighted by molar-refractivity contribution is 0.0992. The monoisotopic (exact) mass is 396 g/mol. The Morgan fingerprint density at radius 1 is 1.21 bits per heavy atom. The summed E-state index contributed by atoms with van der Waals surface area (Å²) in [5.74, 6) is 0.547. The second-order valence-corrected chi connectivity index (χ2v) is 6.84. The van der Waals surface area contributed by atoms with Gasteiger partial charge in [-0.1, -0.05) is 26.0 Å². The Kier molecular flexibility index (Phi) is 6.01. The molecule has 3 rings (SSSR count). The zero-order valence-corrected chi connectivity index (χ0v) is 16.6. The number of carbonyl (C=O) groups excluding carboxylic acids is 2. The number of benzene rings is 1. The number of primary amides is 1. The molecule has 0 aliphatic carbocycles. The summed E-state index contributed by atoms with van der Waals surface area (Å²) in [4.78, 5) is 23.9. The van der Waals surface area contributed by atoms with Gasteiger partial charge in [0.1, 0.15) is 18.1 Å². The Balaban J connectivity index is 1.63. The van der Waals surface area contributed by atoms with Crippen LogP contribution >= 0.6 is 0 Å². The van der Waals surface area contributed by atoms with Gasteiger partial charge in [0, 0.05) is 12.7 Å². The normalized spacial score (nSPS) is 10.9. The minimum absolute atomic E-state index is 0.000146. The molecule has 3 N–H and O–H groups in total. The molecule has 2 heterocycles. The van der Waals surface area contributed by atoms with Crippen LogP contribution in [-0.2, 0) is 13.2 Å². The van der Waals surface area contributed by atoms with Crippen LogP contribution in [0.5, 0.6) is 5.75 Å². The summed E-state index contributed by atoms with van der Waals surface area (Å²) >= 11 is 0. The van der Waals surface area contributed by atoms with Crippen molar-refractivity contribution in [1.29, 1.82) is 0 Å². The zero-order valence-electron chi connectivity index (χ0n) is 16.6. The molecule has 2 aromatic heterocycles. The number of nitrogens with two attached hydrogens (primary N) is 1. The van der Waals surface area contributed by atoms with Gasteiger partial charge in [0.25, 0.3) is 11.8 Å². The van der Waals surface area contributed by atoms with E-state index in [9.17, 15) is 9.59 Å². The quantitative estimate of drug-likeness (QED) is 0.605. The van der Waals surface area contributed by atoms with Gasteiger partial charge in [0.05, 0.1) is 5.69 Å². The average molecular weight is 396 g/mol. The second kappa shape index (κ2) is 8.64. The van der Waals surface area contributed by atoms with Gasteiger partial charge in [-0.25, -0.2) is 0 Å². The van der Waals surface area contributed by atoms with Crippen LogP contribution < -0.4 is 15.8 Å². The van der Waals surface area contributed by atoms with Crippen LogP contribution in [0.1, 0.15) is 59.1 Å². The third-order valence-corrected chi connectivity index (χ3v) is 4.38. The molecule has 0 atom stereocenters. The fourth-order valence-corrected chi connectivity index (χ4v) is 2.72. The Labute approximate surface area is 168 Å². The van der Waals surface area contributed by atoms with Gasteiger partial charge in [0.15, 0.2) is 11.5 Å².